The van der Waals surface area contributed by atoms with Crippen molar-refractivity contribution in [2.24, 2.45) is 17.8 Å². The normalized spacial score (nSPS) is 15.3. The number of nitrogens with one attached hydrogen (secondary N) is 7. The Morgan fingerprint density at radius 2 is 1.48 bits per heavy atom. The van der Waals surface area contributed by atoms with Crippen LogP contribution in [0.3, 0.4) is 0 Å². The summed E-state index contributed by atoms with van der Waals surface area (Å²) in [7, 11) is -4.67. The molecule has 2 aromatic rings. The lowest BCUT2D eigenvalue weighted by Crippen LogP contribution is -2.60. The summed E-state index contributed by atoms with van der Waals surface area (Å²) < 4.78 is 54.2. The number of alkyl halides is 2. The predicted molar refractivity (Wildman–Crippen MR) is 236 cm³/mol. The van der Waals surface area contributed by atoms with Crippen LogP contribution in [0.4, 0.5) is 13.9 Å². The molecule has 0 aliphatic heterocycles. The van der Waals surface area contributed by atoms with Crippen molar-refractivity contribution in [3.63, 3.8) is 0 Å². The third-order valence-corrected chi connectivity index (χ3v) is 13.2. The van der Waals surface area contributed by atoms with Gasteiger partial charge in [0.25, 0.3) is 32.1 Å². The van der Waals surface area contributed by atoms with Crippen LogP contribution in [0.5, 0.6) is 0 Å². The molecule has 3 rings (SSSR count). The van der Waals surface area contributed by atoms with Crippen molar-refractivity contribution in [2.75, 3.05) is 11.9 Å². The number of nitrogens with zero attached hydrogens (tertiary/aromatic N) is 4. The fraction of sp³-hybridized carbons (Fsp3) is 0.659. The highest BCUT2D eigenvalue weighted by Crippen LogP contribution is 2.28. The number of rotatable bonds is 27. The van der Waals surface area contributed by atoms with Crippen molar-refractivity contribution >= 4 is 73.6 Å². The number of amides is 7. The van der Waals surface area contributed by atoms with Crippen LogP contribution < -0.4 is 36.6 Å². The van der Waals surface area contributed by atoms with Gasteiger partial charge in [-0.25, -0.2) is 18.5 Å². The van der Waals surface area contributed by atoms with Gasteiger partial charge in [0, 0.05) is 25.2 Å². The predicted octanol–water partition coefficient (Wildman–Crippen LogP) is 2.31. The van der Waals surface area contributed by atoms with Crippen molar-refractivity contribution in [3.05, 3.63) is 24.3 Å². The summed E-state index contributed by atoms with van der Waals surface area (Å²) in [5.41, 5.74) is -0.0365. The summed E-state index contributed by atoms with van der Waals surface area (Å²) in [6.07, 6.45) is 6.38. The molecule has 21 nitrogen and oxygen atoms in total. The molecule has 25 heteroatoms. The molecule has 2 heterocycles. The monoisotopic (exact) mass is 969 g/mol. The average Bonchev–Trinajstić information content (AvgIpc) is 3.75. The molecule has 1 saturated carbocycles. The van der Waals surface area contributed by atoms with E-state index in [-0.39, 0.29) is 41.9 Å². The fourth-order valence-electron chi connectivity index (χ4n) is 6.96. The van der Waals surface area contributed by atoms with Gasteiger partial charge in [-0.3, -0.25) is 43.3 Å². The van der Waals surface area contributed by atoms with Gasteiger partial charge in [0.05, 0.1) is 12.7 Å². The second-order valence-electron chi connectivity index (χ2n) is 16.6. The van der Waals surface area contributed by atoms with Gasteiger partial charge in [0.2, 0.25) is 41.0 Å². The third kappa shape index (κ3) is 18.4. The number of ketones is 1. The first-order valence-electron chi connectivity index (χ1n) is 22.0. The van der Waals surface area contributed by atoms with Crippen LogP contribution >= 0.6 is 11.3 Å². The number of aromatic nitrogens is 4. The zero-order valence-electron chi connectivity index (χ0n) is 37.7. The minimum atomic E-state index is -4.67. The van der Waals surface area contributed by atoms with E-state index in [0.717, 1.165) is 32.1 Å². The molecule has 1 aliphatic rings. The van der Waals surface area contributed by atoms with E-state index in [1.807, 2.05) is 26.1 Å². The second-order valence-corrected chi connectivity index (χ2v) is 19.4. The van der Waals surface area contributed by atoms with Gasteiger partial charge in [-0.15, -0.1) is 10.2 Å². The van der Waals surface area contributed by atoms with Gasteiger partial charge in [-0.2, -0.15) is 8.42 Å². The highest BCUT2D eigenvalue weighted by atomic mass is 32.2. The second kappa shape index (κ2) is 27.1. The lowest BCUT2D eigenvalue weighted by Gasteiger charge is -2.31. The van der Waals surface area contributed by atoms with E-state index in [0.29, 0.717) is 37.0 Å². The van der Waals surface area contributed by atoms with E-state index in [4.69, 9.17) is 0 Å². The van der Waals surface area contributed by atoms with Crippen LogP contribution in [-0.2, 0) is 43.6 Å². The van der Waals surface area contributed by atoms with Crippen molar-refractivity contribution in [3.8, 4) is 0 Å². The van der Waals surface area contributed by atoms with Crippen LogP contribution in [0.15, 0.2) is 22.9 Å². The Kier molecular flexibility index (Phi) is 22.5. The molecule has 0 saturated heterocycles. The zero-order chi connectivity index (χ0) is 49.0. The number of hydrogen-bond donors (Lipinski definition) is 7. The fourth-order valence-corrected chi connectivity index (χ4v) is 8.86. The highest BCUT2D eigenvalue weighted by molar-refractivity contribution is 7.92. The first-order chi connectivity index (χ1) is 31.2. The first kappa shape index (κ1) is 54.7. The van der Waals surface area contributed by atoms with Crippen LogP contribution in [0.2, 0.25) is 0 Å². The minimum Gasteiger partial charge on any atom is -0.344 e. The van der Waals surface area contributed by atoms with Crippen molar-refractivity contribution in [1.82, 2.24) is 51.5 Å². The molecule has 0 radical (unpaired) electrons. The molecule has 1 aliphatic carbocycles. The van der Waals surface area contributed by atoms with E-state index in [1.54, 1.807) is 18.6 Å². The number of anilines is 1. The maximum Gasteiger partial charge on any atom is 0.293 e. The summed E-state index contributed by atoms with van der Waals surface area (Å²) in [4.78, 5) is 113. The molecule has 0 spiro atoms. The molecule has 66 heavy (non-hydrogen) atoms. The molecule has 0 bridgehead atoms. The van der Waals surface area contributed by atoms with E-state index < -0.39 is 111 Å². The van der Waals surface area contributed by atoms with E-state index >= 15 is 0 Å². The smallest absolute Gasteiger partial charge is 0.293 e. The van der Waals surface area contributed by atoms with Crippen LogP contribution in [-0.4, -0.2) is 113 Å². The Bertz CT molecular complexity index is 2090. The van der Waals surface area contributed by atoms with E-state index in [1.165, 1.54) is 18.6 Å². The quantitative estimate of drug-likeness (QED) is 0.0384. The van der Waals surface area contributed by atoms with E-state index in [2.05, 4.69) is 46.7 Å². The SMILES string of the molecule is CCCCCC(=O)Nc1nnc(S(=O)(=O)NC(=O)CNC(=O)C(=O)C(CC(F)F)NC(=O)C(CC2CCCCC2)NC(=O)C(NC(=O)C(CC(C)C)NC(=O)c2cnccn2)C(C)CC)s1. The summed E-state index contributed by atoms with van der Waals surface area (Å²) in [5.74, 6) is -8.89. The van der Waals surface area contributed by atoms with Gasteiger partial charge in [-0.1, -0.05) is 97.3 Å². The lowest BCUT2D eigenvalue weighted by atomic mass is 9.84. The molecule has 1 fully saturated rings. The van der Waals surface area contributed by atoms with Crippen molar-refractivity contribution in [2.45, 2.75) is 153 Å². The van der Waals surface area contributed by atoms with Gasteiger partial charge < -0.3 is 31.9 Å². The summed E-state index contributed by atoms with van der Waals surface area (Å²) in [6.45, 7) is 7.96. The Labute approximate surface area is 386 Å². The first-order valence-corrected chi connectivity index (χ1v) is 24.3. The summed E-state index contributed by atoms with van der Waals surface area (Å²) >= 11 is 0.449. The van der Waals surface area contributed by atoms with Gasteiger partial charge in [0.1, 0.15) is 29.9 Å². The number of halogens is 2. The summed E-state index contributed by atoms with van der Waals surface area (Å²) in [5, 5.41) is 21.3. The number of hydrogen-bond acceptors (Lipinski definition) is 15. The van der Waals surface area contributed by atoms with E-state index in [9.17, 15) is 55.6 Å². The highest BCUT2D eigenvalue weighted by Gasteiger charge is 2.37. The van der Waals surface area contributed by atoms with Gasteiger partial charge in [0.15, 0.2) is 0 Å². The van der Waals surface area contributed by atoms with Gasteiger partial charge >= 0.3 is 0 Å². The molecule has 7 N–H and O–H groups in total. The third-order valence-electron chi connectivity index (χ3n) is 10.7. The molecular weight excluding hydrogens is 909 g/mol. The maximum absolute atomic E-state index is 14.1. The number of sulfonamides is 1. The maximum atomic E-state index is 14.1. The average molecular weight is 970 g/mol. The Morgan fingerprint density at radius 3 is 2.11 bits per heavy atom. The van der Waals surface area contributed by atoms with Crippen LogP contribution in [0.25, 0.3) is 0 Å². The lowest BCUT2D eigenvalue weighted by molar-refractivity contribution is -0.141. The van der Waals surface area contributed by atoms with Crippen LogP contribution in [0, 0.1) is 17.8 Å². The molecule has 366 valence electrons. The zero-order valence-corrected chi connectivity index (χ0v) is 39.3. The largest absolute Gasteiger partial charge is 0.344 e. The molecule has 2 aromatic heterocycles. The molecule has 0 aromatic carbocycles. The standard InChI is InChI=1S/C41H61F2N11O10S2/c1-6-8-10-15-31(55)50-40-52-53-41(65-40)66(63,64)54-32(56)22-46-39(62)34(57)26(20-30(42)43)47-35(58)28(19-25-13-11-9-12-14-25)49-38(61)33(24(5)7-2)51-36(59)27(18-23(3)4)48-37(60)29-21-44-16-17-45-29/h16-17,21,23-28,30,33H,6-15,18-20,22H2,1-5H3,(H,46,62)(H,47,58)(H,48,60)(H,49,61)(H,51,59)(H,54,56)(H,50,52,55). The van der Waals surface area contributed by atoms with Crippen LogP contribution in [0.1, 0.15) is 129 Å². The number of carbonyl (C=O) groups excluding carboxylic acids is 8. The molecule has 7 amide bonds. The summed E-state index contributed by atoms with van der Waals surface area (Å²) in [6, 6.07) is -5.92. The number of Topliss-reactive ketones (excluding diaryl/α,β-unsaturated/α-hetero) is 1. The Balaban J connectivity index is 1.73. The Hall–Kier alpha value is -5.59. The van der Waals surface area contributed by atoms with Gasteiger partial charge in [-0.05, 0) is 37.0 Å². The molecule has 5 unspecified atom stereocenters. The number of carbonyl (C=O) groups is 8. The number of unbranched alkanes of at least 4 members (excludes halogenated alkanes) is 2. The minimum absolute atomic E-state index is 0.0285. The van der Waals surface area contributed by atoms with Crippen molar-refractivity contribution in [1.29, 1.82) is 0 Å². The topological polar surface area (TPSA) is 306 Å². The Morgan fingerprint density at radius 1 is 0.803 bits per heavy atom. The molecule has 5 atom stereocenters. The molecular formula is C41H61F2N11O10S2. The van der Waals surface area contributed by atoms with Crippen molar-refractivity contribution < 1.29 is 55.6 Å².